The molecule has 3 rings (SSSR count). The number of aryl methyl sites for hydroxylation is 1. The minimum absolute atomic E-state index is 0.117. The Labute approximate surface area is 159 Å². The number of amides is 1. The number of benzene rings is 2. The molecule has 0 radical (unpaired) electrons. The Hall–Kier alpha value is -2.89. The molecular formula is C21H25N3O3. The molecule has 1 aliphatic rings. The Morgan fingerprint density at radius 2 is 1.85 bits per heavy atom. The molecule has 27 heavy (non-hydrogen) atoms. The van der Waals surface area contributed by atoms with Crippen LogP contribution >= 0.6 is 0 Å². The van der Waals surface area contributed by atoms with Gasteiger partial charge < -0.3 is 9.80 Å². The van der Waals surface area contributed by atoms with E-state index in [0.29, 0.717) is 13.1 Å². The first-order valence-electron chi connectivity index (χ1n) is 9.39. The summed E-state index contributed by atoms with van der Waals surface area (Å²) in [5, 5.41) is 11.4. The topological polar surface area (TPSA) is 66.7 Å². The van der Waals surface area contributed by atoms with Crippen LogP contribution in [0.25, 0.3) is 0 Å². The first-order valence-corrected chi connectivity index (χ1v) is 9.39. The molecule has 6 nitrogen and oxygen atoms in total. The highest BCUT2D eigenvalue weighted by atomic mass is 16.6. The highest BCUT2D eigenvalue weighted by molar-refractivity contribution is 5.99. The molecule has 142 valence electrons. The van der Waals surface area contributed by atoms with E-state index >= 15 is 0 Å². The van der Waals surface area contributed by atoms with E-state index in [-0.39, 0.29) is 17.2 Å². The number of nitrogens with zero attached hydrogens (tertiary/aromatic N) is 3. The van der Waals surface area contributed by atoms with Crippen LogP contribution in [-0.2, 0) is 6.42 Å². The molecule has 0 atom stereocenters. The minimum atomic E-state index is -0.470. The Morgan fingerprint density at radius 3 is 2.52 bits per heavy atom. The molecule has 0 aromatic heterocycles. The summed E-state index contributed by atoms with van der Waals surface area (Å²) in [5.74, 6) is -0.237. The van der Waals surface area contributed by atoms with Crippen LogP contribution in [-0.4, -0.2) is 42.4 Å². The van der Waals surface area contributed by atoms with Crippen molar-refractivity contribution < 1.29 is 9.72 Å². The summed E-state index contributed by atoms with van der Waals surface area (Å²) in [7, 11) is 1.95. The molecule has 2 aromatic carbocycles. The van der Waals surface area contributed by atoms with E-state index in [4.69, 9.17) is 0 Å². The van der Waals surface area contributed by atoms with E-state index in [9.17, 15) is 14.9 Å². The summed E-state index contributed by atoms with van der Waals surface area (Å²) in [6, 6.07) is 15.1. The lowest BCUT2D eigenvalue weighted by atomic mass is 10.1. The first kappa shape index (κ1) is 18.9. The van der Waals surface area contributed by atoms with Crippen molar-refractivity contribution in [2.75, 3.05) is 31.6 Å². The van der Waals surface area contributed by atoms with E-state index in [1.807, 2.05) is 30.1 Å². The van der Waals surface area contributed by atoms with Gasteiger partial charge in [0.2, 0.25) is 0 Å². The van der Waals surface area contributed by atoms with Crippen molar-refractivity contribution in [1.82, 2.24) is 4.90 Å². The lowest BCUT2D eigenvalue weighted by Gasteiger charge is -2.21. The number of nitro groups is 1. The van der Waals surface area contributed by atoms with Crippen molar-refractivity contribution >= 4 is 17.3 Å². The van der Waals surface area contributed by atoms with E-state index < -0.39 is 4.92 Å². The van der Waals surface area contributed by atoms with Crippen molar-refractivity contribution in [3.05, 3.63) is 69.8 Å². The van der Waals surface area contributed by atoms with Crippen LogP contribution in [0.1, 0.15) is 35.2 Å². The number of rotatable bonds is 7. The number of carbonyl (C=O) groups is 1. The van der Waals surface area contributed by atoms with Crippen LogP contribution in [0.15, 0.2) is 48.5 Å². The predicted octanol–water partition coefficient (Wildman–Crippen LogP) is 3.90. The molecule has 0 N–H and O–H groups in total. The average Bonchev–Trinajstić information content (AvgIpc) is 3.22. The van der Waals surface area contributed by atoms with Gasteiger partial charge in [-0.1, -0.05) is 30.3 Å². The SMILES string of the molecule is CN(CCCc1ccccc1)c1ccc([N+](=O)[O-])c(C(=O)N2CCCC2)c1. The van der Waals surface area contributed by atoms with Crippen LogP contribution in [0.2, 0.25) is 0 Å². The molecule has 1 saturated heterocycles. The van der Waals surface area contributed by atoms with Crippen molar-refractivity contribution in [2.45, 2.75) is 25.7 Å². The number of nitro benzene ring substituents is 1. The third-order valence-electron chi connectivity index (χ3n) is 5.04. The van der Waals surface area contributed by atoms with Gasteiger partial charge in [-0.05, 0) is 43.4 Å². The van der Waals surface area contributed by atoms with Gasteiger partial charge in [-0.25, -0.2) is 0 Å². The molecule has 0 aliphatic carbocycles. The third-order valence-corrected chi connectivity index (χ3v) is 5.04. The van der Waals surface area contributed by atoms with Crippen LogP contribution in [0, 0.1) is 10.1 Å². The normalized spacial score (nSPS) is 13.6. The van der Waals surface area contributed by atoms with Crippen LogP contribution < -0.4 is 4.90 Å². The fraction of sp³-hybridized carbons (Fsp3) is 0.381. The molecule has 0 bridgehead atoms. The third kappa shape index (κ3) is 4.64. The smallest absolute Gasteiger partial charge is 0.282 e. The Kier molecular flexibility index (Phi) is 6.06. The monoisotopic (exact) mass is 367 g/mol. The maximum atomic E-state index is 12.7. The lowest BCUT2D eigenvalue weighted by Crippen LogP contribution is -2.28. The highest BCUT2D eigenvalue weighted by Gasteiger charge is 2.27. The summed E-state index contributed by atoms with van der Waals surface area (Å²) in [5.41, 5.74) is 2.19. The summed E-state index contributed by atoms with van der Waals surface area (Å²) < 4.78 is 0. The fourth-order valence-electron chi connectivity index (χ4n) is 3.48. The number of hydrogen-bond donors (Lipinski definition) is 0. The van der Waals surface area contributed by atoms with Crippen molar-refractivity contribution in [2.24, 2.45) is 0 Å². The van der Waals surface area contributed by atoms with Crippen molar-refractivity contribution in [3.63, 3.8) is 0 Å². The van der Waals surface area contributed by atoms with Crippen LogP contribution in [0.5, 0.6) is 0 Å². The molecule has 0 unspecified atom stereocenters. The van der Waals surface area contributed by atoms with Gasteiger partial charge in [0.15, 0.2) is 0 Å². The van der Waals surface area contributed by atoms with Gasteiger partial charge in [-0.15, -0.1) is 0 Å². The molecule has 1 fully saturated rings. The van der Waals surface area contributed by atoms with Gasteiger partial charge in [0, 0.05) is 38.4 Å². The molecule has 1 heterocycles. The number of likely N-dealkylation sites (tertiary alicyclic amines) is 1. The largest absolute Gasteiger partial charge is 0.375 e. The summed E-state index contributed by atoms with van der Waals surface area (Å²) >= 11 is 0. The second-order valence-corrected chi connectivity index (χ2v) is 6.97. The molecule has 1 aliphatic heterocycles. The second-order valence-electron chi connectivity index (χ2n) is 6.97. The molecule has 2 aromatic rings. The number of anilines is 1. The van der Waals surface area contributed by atoms with Crippen molar-refractivity contribution in [3.8, 4) is 0 Å². The second kappa shape index (κ2) is 8.66. The van der Waals surface area contributed by atoms with Crippen molar-refractivity contribution in [1.29, 1.82) is 0 Å². The molecular weight excluding hydrogens is 342 g/mol. The maximum Gasteiger partial charge on any atom is 0.282 e. The van der Waals surface area contributed by atoms with Gasteiger partial charge >= 0.3 is 0 Å². The molecule has 0 saturated carbocycles. The van der Waals surface area contributed by atoms with E-state index in [2.05, 4.69) is 12.1 Å². The van der Waals surface area contributed by atoms with E-state index in [1.165, 1.54) is 11.6 Å². The van der Waals surface area contributed by atoms with Crippen LogP contribution in [0.4, 0.5) is 11.4 Å². The van der Waals surface area contributed by atoms with Gasteiger partial charge in [0.1, 0.15) is 5.56 Å². The fourth-order valence-corrected chi connectivity index (χ4v) is 3.48. The van der Waals surface area contributed by atoms with Gasteiger partial charge in [-0.2, -0.15) is 0 Å². The zero-order valence-corrected chi connectivity index (χ0v) is 15.6. The summed E-state index contributed by atoms with van der Waals surface area (Å²) in [6.07, 6.45) is 3.85. The highest BCUT2D eigenvalue weighted by Crippen LogP contribution is 2.27. The predicted molar refractivity (Wildman–Crippen MR) is 106 cm³/mol. The van der Waals surface area contributed by atoms with E-state index in [1.54, 1.807) is 17.0 Å². The molecule has 6 heteroatoms. The minimum Gasteiger partial charge on any atom is -0.375 e. The Morgan fingerprint density at radius 1 is 1.15 bits per heavy atom. The zero-order valence-electron chi connectivity index (χ0n) is 15.6. The summed E-state index contributed by atoms with van der Waals surface area (Å²) in [4.78, 5) is 27.4. The van der Waals surface area contributed by atoms with Gasteiger partial charge in [0.05, 0.1) is 4.92 Å². The molecule has 1 amide bonds. The van der Waals surface area contributed by atoms with Gasteiger partial charge in [0.25, 0.3) is 11.6 Å². The zero-order chi connectivity index (χ0) is 19.2. The van der Waals surface area contributed by atoms with Crippen LogP contribution in [0.3, 0.4) is 0 Å². The maximum absolute atomic E-state index is 12.7. The quantitative estimate of drug-likeness (QED) is 0.550. The van der Waals surface area contributed by atoms with E-state index in [0.717, 1.165) is 37.9 Å². The Balaban J connectivity index is 1.71. The van der Waals surface area contributed by atoms with Gasteiger partial charge in [-0.3, -0.25) is 14.9 Å². The summed E-state index contributed by atoms with van der Waals surface area (Å²) in [6.45, 7) is 2.16. The standard InChI is InChI=1S/C21H25N3O3/c1-22(13-7-10-17-8-3-2-4-9-17)18-11-12-20(24(26)27)19(16-18)21(25)23-14-5-6-15-23/h2-4,8-9,11-12,16H,5-7,10,13-15H2,1H3. The molecule has 0 spiro atoms. The average molecular weight is 367 g/mol. The Bertz CT molecular complexity index is 802. The first-order chi connectivity index (χ1) is 13.1. The number of hydrogen-bond acceptors (Lipinski definition) is 4. The lowest BCUT2D eigenvalue weighted by molar-refractivity contribution is -0.385. The number of carbonyl (C=O) groups excluding carboxylic acids is 1.